The Bertz CT molecular complexity index is 365. The normalized spacial score (nSPS) is 14.7. The zero-order valence-electron chi connectivity index (χ0n) is 12.3. The minimum atomic E-state index is 0.684. The fourth-order valence-electron chi connectivity index (χ4n) is 1.85. The van der Waals surface area contributed by atoms with Crippen LogP contribution in [0, 0.1) is 0 Å². The van der Waals surface area contributed by atoms with Gasteiger partial charge in [0.25, 0.3) is 0 Å². The van der Waals surface area contributed by atoms with Gasteiger partial charge in [-0.3, -0.25) is 0 Å². The van der Waals surface area contributed by atoms with Crippen LogP contribution in [0.5, 0.6) is 0 Å². The molecule has 3 nitrogen and oxygen atoms in total. The molecule has 0 aromatic heterocycles. The molecule has 112 valence electrons. The molecule has 0 radical (unpaired) electrons. The SMILES string of the molecule is COCCOCCCSc1ccc(CNC2CC2)cc1. The third kappa shape index (κ3) is 6.75. The van der Waals surface area contributed by atoms with E-state index in [2.05, 4.69) is 29.6 Å². The summed E-state index contributed by atoms with van der Waals surface area (Å²) >= 11 is 1.90. The molecule has 0 aliphatic heterocycles. The van der Waals surface area contributed by atoms with Gasteiger partial charge in [0.05, 0.1) is 13.2 Å². The van der Waals surface area contributed by atoms with Crippen molar-refractivity contribution in [2.45, 2.75) is 36.7 Å². The van der Waals surface area contributed by atoms with Crippen LogP contribution in [-0.2, 0) is 16.0 Å². The van der Waals surface area contributed by atoms with Gasteiger partial charge in [-0.1, -0.05) is 12.1 Å². The van der Waals surface area contributed by atoms with E-state index in [9.17, 15) is 0 Å². The third-order valence-electron chi connectivity index (χ3n) is 3.23. The average Bonchev–Trinajstić information content (AvgIpc) is 3.30. The Labute approximate surface area is 126 Å². The molecule has 0 spiro atoms. The van der Waals surface area contributed by atoms with E-state index in [-0.39, 0.29) is 0 Å². The molecule has 0 amide bonds. The van der Waals surface area contributed by atoms with Crippen LogP contribution in [0.15, 0.2) is 29.2 Å². The number of hydrogen-bond acceptors (Lipinski definition) is 4. The fourth-order valence-corrected chi connectivity index (χ4v) is 2.67. The van der Waals surface area contributed by atoms with Crippen molar-refractivity contribution in [1.82, 2.24) is 5.32 Å². The highest BCUT2D eigenvalue weighted by atomic mass is 32.2. The van der Waals surface area contributed by atoms with Crippen molar-refractivity contribution < 1.29 is 9.47 Å². The lowest BCUT2D eigenvalue weighted by Crippen LogP contribution is -2.14. The van der Waals surface area contributed by atoms with Gasteiger partial charge in [0.15, 0.2) is 0 Å². The van der Waals surface area contributed by atoms with E-state index < -0.39 is 0 Å². The van der Waals surface area contributed by atoms with Crippen molar-refractivity contribution >= 4 is 11.8 Å². The quantitative estimate of drug-likeness (QED) is 0.502. The van der Waals surface area contributed by atoms with Crippen molar-refractivity contribution in [1.29, 1.82) is 0 Å². The molecule has 4 heteroatoms. The minimum absolute atomic E-state index is 0.684. The number of methoxy groups -OCH3 is 1. The summed E-state index contributed by atoms with van der Waals surface area (Å²) in [6, 6.07) is 9.68. The van der Waals surface area contributed by atoms with Crippen LogP contribution in [0.4, 0.5) is 0 Å². The average molecular weight is 295 g/mol. The van der Waals surface area contributed by atoms with Crippen LogP contribution < -0.4 is 5.32 Å². The zero-order chi connectivity index (χ0) is 14.0. The smallest absolute Gasteiger partial charge is 0.0700 e. The van der Waals surface area contributed by atoms with Gasteiger partial charge < -0.3 is 14.8 Å². The highest BCUT2D eigenvalue weighted by Gasteiger charge is 2.19. The van der Waals surface area contributed by atoms with Crippen molar-refractivity contribution in [3.8, 4) is 0 Å². The number of rotatable bonds is 11. The van der Waals surface area contributed by atoms with Crippen molar-refractivity contribution in [3.63, 3.8) is 0 Å². The third-order valence-corrected chi connectivity index (χ3v) is 4.33. The Morgan fingerprint density at radius 2 is 1.95 bits per heavy atom. The van der Waals surface area contributed by atoms with Crippen molar-refractivity contribution in [3.05, 3.63) is 29.8 Å². The molecule has 0 atom stereocenters. The zero-order valence-corrected chi connectivity index (χ0v) is 13.1. The van der Waals surface area contributed by atoms with E-state index in [0.717, 1.165) is 31.4 Å². The first-order chi connectivity index (χ1) is 9.88. The molecule has 1 fully saturated rings. The van der Waals surface area contributed by atoms with E-state index in [1.165, 1.54) is 23.3 Å². The summed E-state index contributed by atoms with van der Waals surface area (Å²) in [4.78, 5) is 1.34. The van der Waals surface area contributed by atoms with E-state index in [1.807, 2.05) is 11.8 Å². The predicted octanol–water partition coefficient (Wildman–Crippen LogP) is 3.08. The van der Waals surface area contributed by atoms with Crippen LogP contribution in [-0.4, -0.2) is 38.7 Å². The fraction of sp³-hybridized carbons (Fsp3) is 0.625. The number of nitrogens with one attached hydrogen (secondary N) is 1. The van der Waals surface area contributed by atoms with Gasteiger partial charge in [-0.2, -0.15) is 0 Å². The van der Waals surface area contributed by atoms with Gasteiger partial charge in [-0.15, -0.1) is 11.8 Å². The van der Waals surface area contributed by atoms with Gasteiger partial charge in [-0.25, -0.2) is 0 Å². The molecule has 1 aliphatic carbocycles. The molecule has 0 bridgehead atoms. The molecule has 0 unspecified atom stereocenters. The van der Waals surface area contributed by atoms with E-state index in [1.54, 1.807) is 7.11 Å². The molecule has 2 rings (SSSR count). The first-order valence-corrected chi connectivity index (χ1v) is 8.39. The van der Waals surface area contributed by atoms with Crippen LogP contribution >= 0.6 is 11.8 Å². The lowest BCUT2D eigenvalue weighted by molar-refractivity contribution is 0.0713. The molecular weight excluding hydrogens is 270 g/mol. The first-order valence-electron chi connectivity index (χ1n) is 7.40. The molecule has 1 N–H and O–H groups in total. The molecule has 1 aromatic rings. The second-order valence-corrected chi connectivity index (χ2v) is 6.27. The maximum absolute atomic E-state index is 5.44. The Morgan fingerprint density at radius 3 is 2.65 bits per heavy atom. The van der Waals surface area contributed by atoms with Crippen LogP contribution in [0.2, 0.25) is 0 Å². The summed E-state index contributed by atoms with van der Waals surface area (Å²) in [5, 5.41) is 3.54. The lowest BCUT2D eigenvalue weighted by Gasteiger charge is -2.06. The highest BCUT2D eigenvalue weighted by molar-refractivity contribution is 7.99. The minimum Gasteiger partial charge on any atom is -0.382 e. The Hall–Kier alpha value is -0.550. The van der Waals surface area contributed by atoms with Crippen molar-refractivity contribution in [2.75, 3.05) is 32.7 Å². The Balaban J connectivity index is 1.53. The summed E-state index contributed by atoms with van der Waals surface area (Å²) in [6.07, 6.45) is 3.78. The molecular formula is C16H25NO2S. The number of thioether (sulfide) groups is 1. The summed E-state index contributed by atoms with van der Waals surface area (Å²) < 4.78 is 10.4. The maximum atomic E-state index is 5.44. The topological polar surface area (TPSA) is 30.5 Å². The summed E-state index contributed by atoms with van der Waals surface area (Å²) in [6.45, 7) is 3.20. The van der Waals surface area contributed by atoms with E-state index in [0.29, 0.717) is 13.2 Å². The molecule has 20 heavy (non-hydrogen) atoms. The summed E-state index contributed by atoms with van der Waals surface area (Å²) in [5.41, 5.74) is 1.38. The first kappa shape index (κ1) is 15.8. The molecule has 1 aliphatic rings. The lowest BCUT2D eigenvalue weighted by atomic mass is 10.2. The second kappa shape index (κ2) is 9.40. The van der Waals surface area contributed by atoms with Crippen LogP contribution in [0.25, 0.3) is 0 Å². The number of ether oxygens (including phenoxy) is 2. The Kier molecular flexibility index (Phi) is 7.44. The largest absolute Gasteiger partial charge is 0.382 e. The molecule has 0 saturated heterocycles. The molecule has 1 saturated carbocycles. The van der Waals surface area contributed by atoms with Crippen LogP contribution in [0.3, 0.4) is 0 Å². The number of benzene rings is 1. The van der Waals surface area contributed by atoms with Gasteiger partial charge >= 0.3 is 0 Å². The van der Waals surface area contributed by atoms with Gasteiger partial charge in [0.1, 0.15) is 0 Å². The van der Waals surface area contributed by atoms with Gasteiger partial charge in [-0.05, 0) is 37.0 Å². The van der Waals surface area contributed by atoms with Crippen molar-refractivity contribution in [2.24, 2.45) is 0 Å². The monoisotopic (exact) mass is 295 g/mol. The van der Waals surface area contributed by atoms with Crippen LogP contribution in [0.1, 0.15) is 24.8 Å². The Morgan fingerprint density at radius 1 is 1.15 bits per heavy atom. The van der Waals surface area contributed by atoms with E-state index in [4.69, 9.17) is 9.47 Å². The highest BCUT2D eigenvalue weighted by Crippen LogP contribution is 2.21. The molecule has 0 heterocycles. The predicted molar refractivity (Wildman–Crippen MR) is 84.3 cm³/mol. The second-order valence-electron chi connectivity index (χ2n) is 5.11. The van der Waals surface area contributed by atoms with Gasteiger partial charge in [0.2, 0.25) is 0 Å². The van der Waals surface area contributed by atoms with E-state index >= 15 is 0 Å². The van der Waals surface area contributed by atoms with Gasteiger partial charge in [0, 0.05) is 37.0 Å². The summed E-state index contributed by atoms with van der Waals surface area (Å²) in [7, 11) is 1.70. The summed E-state index contributed by atoms with van der Waals surface area (Å²) in [5.74, 6) is 1.10. The molecule has 1 aromatic carbocycles. The maximum Gasteiger partial charge on any atom is 0.0700 e. The number of hydrogen-bond donors (Lipinski definition) is 1. The standard InChI is InChI=1S/C16H25NO2S/c1-18-10-11-19-9-2-12-20-16-7-3-14(4-8-16)13-17-15-5-6-15/h3-4,7-8,15,17H,2,5-6,9-13H2,1H3.